The van der Waals surface area contributed by atoms with Crippen molar-refractivity contribution < 1.29 is 0 Å². The second kappa shape index (κ2) is 8.77. The summed E-state index contributed by atoms with van der Waals surface area (Å²) in [6, 6.07) is 11.2. The summed E-state index contributed by atoms with van der Waals surface area (Å²) < 4.78 is 0.497. The summed E-state index contributed by atoms with van der Waals surface area (Å²) >= 11 is 0.691. The van der Waals surface area contributed by atoms with Gasteiger partial charge in [0.2, 0.25) is 0 Å². The van der Waals surface area contributed by atoms with E-state index in [2.05, 4.69) is 50.0 Å². The normalized spacial score (nSPS) is 14.4. The first-order chi connectivity index (χ1) is 8.79. The minimum atomic E-state index is 0.497. The van der Waals surface area contributed by atoms with Crippen molar-refractivity contribution >= 4 is 15.0 Å². The molecule has 0 fully saturated rings. The molecule has 0 saturated heterocycles. The van der Waals surface area contributed by atoms with E-state index in [0.717, 1.165) is 0 Å². The fourth-order valence-corrected chi connectivity index (χ4v) is 5.09. The molecule has 0 bridgehead atoms. The van der Waals surface area contributed by atoms with Crippen LogP contribution in [0.25, 0.3) is 0 Å². The first kappa shape index (κ1) is 15.8. The van der Waals surface area contributed by atoms with Crippen LogP contribution in [-0.4, -0.2) is 15.0 Å². The summed E-state index contributed by atoms with van der Waals surface area (Å²) in [6.07, 6.45) is 9.60. The van der Waals surface area contributed by atoms with E-state index < -0.39 is 0 Å². The molecule has 0 saturated carbocycles. The van der Waals surface area contributed by atoms with Gasteiger partial charge in [-0.25, -0.2) is 0 Å². The third kappa shape index (κ3) is 4.44. The maximum atomic E-state index is 2.43. The van der Waals surface area contributed by atoms with E-state index in [4.69, 9.17) is 0 Å². The van der Waals surface area contributed by atoms with Crippen molar-refractivity contribution in [3.63, 3.8) is 0 Å². The van der Waals surface area contributed by atoms with Crippen LogP contribution in [0.2, 0.25) is 5.82 Å². The molecule has 0 nitrogen and oxygen atoms in total. The molecule has 0 spiro atoms. The molecule has 0 N–H and O–H groups in total. The Balaban J connectivity index is 2.74. The van der Waals surface area contributed by atoms with Crippen LogP contribution in [-0.2, 0) is 4.31 Å². The van der Waals surface area contributed by atoms with Crippen LogP contribution < -0.4 is 0 Å². The van der Waals surface area contributed by atoms with Gasteiger partial charge in [0, 0.05) is 0 Å². The van der Waals surface area contributed by atoms with E-state index in [1.807, 2.05) is 0 Å². The molecule has 1 rings (SSSR count). The van der Waals surface area contributed by atoms with E-state index in [9.17, 15) is 0 Å². The van der Waals surface area contributed by atoms with E-state index in [0.29, 0.717) is 19.3 Å². The van der Waals surface area contributed by atoms with Crippen LogP contribution in [0.4, 0.5) is 0 Å². The average Bonchev–Trinajstić information content (AvgIpc) is 2.43. The van der Waals surface area contributed by atoms with Gasteiger partial charge >= 0.3 is 120 Å². The molecule has 1 heteroatoms. The van der Waals surface area contributed by atoms with Gasteiger partial charge in [-0.3, -0.25) is 0 Å². The van der Waals surface area contributed by atoms with Gasteiger partial charge in [-0.1, -0.05) is 0 Å². The third-order valence-electron chi connectivity index (χ3n) is 3.78. The average molecular weight is 311 g/mol. The van der Waals surface area contributed by atoms with Gasteiger partial charge in [-0.15, -0.1) is 0 Å². The van der Waals surface area contributed by atoms with Crippen LogP contribution in [0.5, 0.6) is 0 Å². The molecular formula is C17H28Se. The summed E-state index contributed by atoms with van der Waals surface area (Å²) in [4.78, 5) is 0. The first-order valence-electron chi connectivity index (χ1n) is 7.39. The van der Waals surface area contributed by atoms with Crippen molar-refractivity contribution in [1.29, 1.82) is 0 Å². The molecule has 0 heterocycles. The summed E-state index contributed by atoms with van der Waals surface area (Å²) in [5.74, 6) is 2.43. The Morgan fingerprint density at radius 3 is 2.17 bits per heavy atom. The standard InChI is InChI=1S/C17H28Se/c1-4-6-7-11-15-17(18-3,14-5-2)16-12-9-8-10-13-16/h8-10,12-13H,4-7,11,14-15H2,1-3H3. The monoisotopic (exact) mass is 312 g/mol. The maximum absolute atomic E-state index is 2.43. The zero-order chi connectivity index (χ0) is 13.3. The van der Waals surface area contributed by atoms with Gasteiger partial charge in [0.1, 0.15) is 0 Å². The molecule has 0 aromatic heterocycles. The minimum absolute atomic E-state index is 0.497. The topological polar surface area (TPSA) is 0 Å². The molecular weight excluding hydrogens is 283 g/mol. The van der Waals surface area contributed by atoms with Gasteiger partial charge in [-0.05, 0) is 0 Å². The molecule has 0 amide bonds. The molecule has 1 unspecified atom stereocenters. The Labute approximate surface area is 120 Å². The van der Waals surface area contributed by atoms with Crippen molar-refractivity contribution in [2.24, 2.45) is 0 Å². The first-order valence-corrected chi connectivity index (χ1v) is 9.96. The molecule has 0 aliphatic heterocycles. The quantitative estimate of drug-likeness (QED) is 0.423. The van der Waals surface area contributed by atoms with Crippen molar-refractivity contribution in [3.05, 3.63) is 35.9 Å². The van der Waals surface area contributed by atoms with Gasteiger partial charge in [0.05, 0.1) is 0 Å². The van der Waals surface area contributed by atoms with Crippen LogP contribution in [0, 0.1) is 0 Å². The molecule has 18 heavy (non-hydrogen) atoms. The molecule has 0 radical (unpaired) electrons. The fraction of sp³-hybridized carbons (Fsp3) is 0.647. The Bertz CT molecular complexity index is 307. The second-order valence-corrected chi connectivity index (χ2v) is 7.62. The van der Waals surface area contributed by atoms with Crippen molar-refractivity contribution in [2.75, 3.05) is 0 Å². The zero-order valence-corrected chi connectivity index (χ0v) is 14.0. The molecule has 0 aliphatic carbocycles. The van der Waals surface area contributed by atoms with Crippen molar-refractivity contribution in [3.8, 4) is 0 Å². The van der Waals surface area contributed by atoms with Crippen molar-refractivity contribution in [1.82, 2.24) is 0 Å². The summed E-state index contributed by atoms with van der Waals surface area (Å²) in [6.45, 7) is 4.62. The predicted octanol–water partition coefficient (Wildman–Crippen LogP) is 5.40. The molecule has 0 aliphatic rings. The van der Waals surface area contributed by atoms with Gasteiger partial charge < -0.3 is 0 Å². The van der Waals surface area contributed by atoms with E-state index in [1.165, 1.54) is 44.9 Å². The van der Waals surface area contributed by atoms with Crippen molar-refractivity contribution in [2.45, 2.75) is 68.9 Å². The molecule has 102 valence electrons. The predicted molar refractivity (Wildman–Crippen MR) is 83.4 cm³/mol. The molecule has 1 aromatic carbocycles. The van der Waals surface area contributed by atoms with Crippen LogP contribution in [0.15, 0.2) is 30.3 Å². The molecule has 1 aromatic rings. The third-order valence-corrected chi connectivity index (χ3v) is 6.77. The van der Waals surface area contributed by atoms with Crippen LogP contribution in [0.1, 0.15) is 64.4 Å². The van der Waals surface area contributed by atoms with Crippen LogP contribution in [0.3, 0.4) is 0 Å². The number of hydrogen-bond donors (Lipinski definition) is 0. The molecule has 1 atom stereocenters. The Kier molecular flexibility index (Phi) is 7.70. The zero-order valence-electron chi connectivity index (χ0n) is 12.2. The van der Waals surface area contributed by atoms with Gasteiger partial charge in [0.25, 0.3) is 0 Å². The van der Waals surface area contributed by atoms with Gasteiger partial charge in [-0.2, -0.15) is 0 Å². The Hall–Kier alpha value is -0.261. The van der Waals surface area contributed by atoms with E-state index in [1.54, 1.807) is 5.56 Å². The van der Waals surface area contributed by atoms with E-state index >= 15 is 0 Å². The number of rotatable bonds is 9. The summed E-state index contributed by atoms with van der Waals surface area (Å²) in [5, 5.41) is 0. The number of benzene rings is 1. The number of hydrogen-bond acceptors (Lipinski definition) is 0. The Morgan fingerprint density at radius 2 is 1.61 bits per heavy atom. The second-order valence-electron chi connectivity index (χ2n) is 5.13. The summed E-state index contributed by atoms with van der Waals surface area (Å²) in [5.41, 5.74) is 1.59. The number of unbranched alkanes of at least 4 members (excludes halogenated alkanes) is 3. The van der Waals surface area contributed by atoms with Gasteiger partial charge in [0.15, 0.2) is 0 Å². The van der Waals surface area contributed by atoms with E-state index in [-0.39, 0.29) is 0 Å². The van der Waals surface area contributed by atoms with Crippen LogP contribution >= 0.6 is 0 Å². The SMILES string of the molecule is CCCCCCC(CCC)([Se]C)c1ccccc1. The fourth-order valence-electron chi connectivity index (χ4n) is 2.72. The Morgan fingerprint density at radius 1 is 0.889 bits per heavy atom. The summed E-state index contributed by atoms with van der Waals surface area (Å²) in [7, 11) is 0.